The Labute approximate surface area is 127 Å². The van der Waals surface area contributed by atoms with Crippen LogP contribution in [0.15, 0.2) is 17.0 Å². The lowest BCUT2D eigenvalue weighted by atomic mass is 9.73. The SMILES string of the molecule is CN1CC2CC1(CNS(=O)(=O)c1c(F)cc(C#N)cc1F)C2. The molecule has 5 nitrogen and oxygen atoms in total. The minimum Gasteiger partial charge on any atom is -0.299 e. The number of halogens is 2. The van der Waals surface area contributed by atoms with Gasteiger partial charge in [-0.3, -0.25) is 4.90 Å². The molecule has 2 saturated heterocycles. The molecule has 1 aromatic rings. The molecular formula is C14H15F2N3O2S. The van der Waals surface area contributed by atoms with Crippen LogP contribution in [0.4, 0.5) is 8.78 Å². The average molecular weight is 327 g/mol. The fraction of sp³-hybridized carbons (Fsp3) is 0.500. The minimum atomic E-state index is -4.31. The van der Waals surface area contributed by atoms with Crippen LogP contribution >= 0.6 is 0 Å². The summed E-state index contributed by atoms with van der Waals surface area (Å²) in [6, 6.07) is 3.02. The van der Waals surface area contributed by atoms with Gasteiger partial charge >= 0.3 is 0 Å². The average Bonchev–Trinajstić information content (AvgIpc) is 2.86. The second-order valence-electron chi connectivity index (χ2n) is 6.08. The number of sulfonamides is 1. The van der Waals surface area contributed by atoms with E-state index >= 15 is 0 Å². The summed E-state index contributed by atoms with van der Waals surface area (Å²) in [5.41, 5.74) is -0.498. The Kier molecular flexibility index (Phi) is 3.47. The van der Waals surface area contributed by atoms with Gasteiger partial charge in [0.1, 0.15) is 11.6 Å². The lowest BCUT2D eigenvalue weighted by molar-refractivity contribution is 0.135. The number of nitrogens with one attached hydrogen (secondary N) is 1. The van der Waals surface area contributed by atoms with E-state index in [0.717, 1.165) is 31.5 Å². The van der Waals surface area contributed by atoms with E-state index in [1.54, 1.807) is 6.07 Å². The van der Waals surface area contributed by atoms with E-state index in [9.17, 15) is 17.2 Å². The normalized spacial score (nSPS) is 27.5. The summed E-state index contributed by atoms with van der Waals surface area (Å²) in [5.74, 6) is -1.93. The van der Waals surface area contributed by atoms with Gasteiger partial charge < -0.3 is 0 Å². The Morgan fingerprint density at radius 1 is 1.41 bits per heavy atom. The van der Waals surface area contributed by atoms with E-state index in [4.69, 9.17) is 5.26 Å². The van der Waals surface area contributed by atoms with Gasteiger partial charge in [-0.25, -0.2) is 21.9 Å². The standard InChI is InChI=1S/C14H15F2N3O2S/c1-19-7-10-4-14(19,5-10)8-18-22(20,21)13-11(15)2-9(6-17)3-12(13)16/h2-3,10,18H,4-5,7-8H2,1H3. The lowest BCUT2D eigenvalue weighted by Gasteiger charge is -2.41. The van der Waals surface area contributed by atoms with Crippen molar-refractivity contribution in [3.8, 4) is 6.07 Å². The van der Waals surface area contributed by atoms with Crippen LogP contribution in [0.5, 0.6) is 0 Å². The number of nitrogens with zero attached hydrogens (tertiary/aromatic N) is 2. The molecule has 4 rings (SSSR count). The van der Waals surface area contributed by atoms with Gasteiger partial charge in [0, 0.05) is 18.6 Å². The number of hydrogen-bond acceptors (Lipinski definition) is 4. The van der Waals surface area contributed by atoms with Gasteiger partial charge in [-0.2, -0.15) is 5.26 Å². The Balaban J connectivity index is 1.84. The molecule has 22 heavy (non-hydrogen) atoms. The maximum Gasteiger partial charge on any atom is 0.246 e. The first kappa shape index (κ1) is 15.3. The molecule has 1 aromatic carbocycles. The van der Waals surface area contributed by atoms with Gasteiger partial charge in [-0.1, -0.05) is 0 Å². The maximum atomic E-state index is 13.9. The van der Waals surface area contributed by atoms with Gasteiger partial charge in [0.15, 0.2) is 4.90 Å². The van der Waals surface area contributed by atoms with Crippen LogP contribution in [0, 0.1) is 28.9 Å². The van der Waals surface area contributed by atoms with Gasteiger partial charge in [0.25, 0.3) is 0 Å². The first-order chi connectivity index (χ1) is 10.3. The van der Waals surface area contributed by atoms with Crippen molar-refractivity contribution in [3.63, 3.8) is 0 Å². The van der Waals surface area contributed by atoms with Crippen molar-refractivity contribution in [3.05, 3.63) is 29.3 Å². The molecule has 3 fully saturated rings. The largest absolute Gasteiger partial charge is 0.299 e. The van der Waals surface area contributed by atoms with Crippen LogP contribution in [0.1, 0.15) is 18.4 Å². The molecule has 3 aliphatic rings. The second kappa shape index (κ2) is 4.98. The zero-order chi connectivity index (χ0) is 16.1. The molecule has 1 saturated carbocycles. The first-order valence-corrected chi connectivity index (χ1v) is 8.36. The Hall–Kier alpha value is -1.56. The van der Waals surface area contributed by atoms with Gasteiger partial charge in [-0.15, -0.1) is 0 Å². The molecule has 2 heterocycles. The zero-order valence-electron chi connectivity index (χ0n) is 11.9. The van der Waals surface area contributed by atoms with E-state index in [1.165, 1.54) is 0 Å². The van der Waals surface area contributed by atoms with Crippen molar-refractivity contribution in [1.29, 1.82) is 5.26 Å². The van der Waals surface area contributed by atoms with E-state index < -0.39 is 26.6 Å². The molecule has 1 N–H and O–H groups in total. The van der Waals surface area contributed by atoms with Crippen LogP contribution in [0.2, 0.25) is 0 Å². The number of benzene rings is 1. The molecule has 2 bridgehead atoms. The van der Waals surface area contributed by atoms with Crippen molar-refractivity contribution in [2.75, 3.05) is 20.1 Å². The number of hydrogen-bond donors (Lipinski definition) is 1. The molecule has 1 aliphatic carbocycles. The first-order valence-electron chi connectivity index (χ1n) is 6.87. The summed E-state index contributed by atoms with van der Waals surface area (Å²) >= 11 is 0. The molecule has 118 valence electrons. The molecule has 8 heteroatoms. The molecule has 0 unspecified atom stereocenters. The molecule has 0 aromatic heterocycles. The predicted molar refractivity (Wildman–Crippen MR) is 74.3 cm³/mol. The number of rotatable bonds is 4. The highest BCUT2D eigenvalue weighted by Gasteiger charge is 2.54. The number of likely N-dealkylation sites (N-methyl/N-ethyl adjacent to an activating group) is 1. The maximum absolute atomic E-state index is 13.9. The van der Waals surface area contributed by atoms with Crippen molar-refractivity contribution in [2.24, 2.45) is 5.92 Å². The second-order valence-corrected chi connectivity index (χ2v) is 7.79. The number of nitriles is 1. The Bertz CT molecular complexity index is 744. The summed E-state index contributed by atoms with van der Waals surface area (Å²) in [6.45, 7) is 1.04. The van der Waals surface area contributed by atoms with Gasteiger partial charge in [0.2, 0.25) is 10.0 Å². The Morgan fingerprint density at radius 3 is 2.45 bits per heavy atom. The van der Waals surface area contributed by atoms with Gasteiger partial charge in [-0.05, 0) is 37.9 Å². The van der Waals surface area contributed by atoms with Crippen molar-refractivity contribution >= 4 is 10.0 Å². The fourth-order valence-electron chi connectivity index (χ4n) is 3.50. The van der Waals surface area contributed by atoms with Crippen LogP contribution in [0.25, 0.3) is 0 Å². The summed E-state index contributed by atoms with van der Waals surface area (Å²) in [6.07, 6.45) is 1.79. The monoisotopic (exact) mass is 327 g/mol. The van der Waals surface area contributed by atoms with Crippen LogP contribution in [0.3, 0.4) is 0 Å². The van der Waals surface area contributed by atoms with E-state index in [2.05, 4.69) is 9.62 Å². The summed E-state index contributed by atoms with van der Waals surface area (Å²) < 4.78 is 54.4. The topological polar surface area (TPSA) is 73.2 Å². The number of fused-ring (bicyclic) bond motifs is 1. The predicted octanol–water partition coefficient (Wildman–Crippen LogP) is 1.21. The van der Waals surface area contributed by atoms with E-state index in [-0.39, 0.29) is 17.6 Å². The quantitative estimate of drug-likeness (QED) is 0.902. The summed E-state index contributed by atoms with van der Waals surface area (Å²) in [4.78, 5) is 1.06. The smallest absolute Gasteiger partial charge is 0.246 e. The molecule has 0 amide bonds. The Morgan fingerprint density at radius 2 is 2.00 bits per heavy atom. The lowest BCUT2D eigenvalue weighted by Crippen LogP contribution is -2.53. The molecule has 0 spiro atoms. The third-order valence-electron chi connectivity index (χ3n) is 4.67. The molecular weight excluding hydrogens is 312 g/mol. The molecule has 2 aliphatic heterocycles. The highest BCUT2D eigenvalue weighted by Crippen LogP contribution is 2.49. The highest BCUT2D eigenvalue weighted by molar-refractivity contribution is 7.89. The van der Waals surface area contributed by atoms with Crippen LogP contribution in [-0.4, -0.2) is 39.0 Å². The highest BCUT2D eigenvalue weighted by atomic mass is 32.2. The summed E-state index contributed by atoms with van der Waals surface area (Å²) in [7, 11) is -2.39. The molecule has 0 atom stereocenters. The van der Waals surface area contributed by atoms with E-state index in [0.29, 0.717) is 5.92 Å². The van der Waals surface area contributed by atoms with E-state index in [1.807, 2.05) is 7.05 Å². The fourth-order valence-corrected chi connectivity index (χ4v) is 4.73. The molecule has 0 radical (unpaired) electrons. The minimum absolute atomic E-state index is 0.126. The van der Waals surface area contributed by atoms with Crippen molar-refractivity contribution in [2.45, 2.75) is 23.3 Å². The van der Waals surface area contributed by atoms with Crippen molar-refractivity contribution < 1.29 is 17.2 Å². The summed E-state index contributed by atoms with van der Waals surface area (Å²) in [5, 5.41) is 8.64. The third kappa shape index (κ3) is 2.29. The van der Waals surface area contributed by atoms with Crippen molar-refractivity contribution in [1.82, 2.24) is 9.62 Å². The van der Waals surface area contributed by atoms with Crippen LogP contribution in [-0.2, 0) is 10.0 Å². The van der Waals surface area contributed by atoms with Gasteiger partial charge in [0.05, 0.1) is 11.6 Å². The van der Waals surface area contributed by atoms with Crippen LogP contribution < -0.4 is 4.72 Å². The third-order valence-corrected chi connectivity index (χ3v) is 6.12. The zero-order valence-corrected chi connectivity index (χ0v) is 12.8.